The first-order valence-corrected chi connectivity index (χ1v) is 6.25. The molecule has 15 heavy (non-hydrogen) atoms. The van der Waals surface area contributed by atoms with Crippen molar-refractivity contribution in [2.75, 3.05) is 13.2 Å². The standard InChI is InChI=1S/C12H13BrO2/c13-11-6-5-9-3-1-2-4-10(9)12(11)14-7-8-15-12/h1-4,11H,5-8H2. The first kappa shape index (κ1) is 9.82. The third kappa shape index (κ3) is 1.37. The second-order valence-electron chi connectivity index (χ2n) is 4.03. The minimum Gasteiger partial charge on any atom is -0.343 e. The Labute approximate surface area is 97.7 Å². The third-order valence-corrected chi connectivity index (χ3v) is 4.25. The molecule has 1 heterocycles. The molecule has 1 fully saturated rings. The quantitative estimate of drug-likeness (QED) is 0.674. The Hall–Kier alpha value is -0.380. The van der Waals surface area contributed by atoms with Crippen LogP contribution in [0.15, 0.2) is 24.3 Å². The van der Waals surface area contributed by atoms with E-state index < -0.39 is 5.79 Å². The molecular formula is C12H13BrO2. The van der Waals surface area contributed by atoms with Crippen molar-refractivity contribution in [1.29, 1.82) is 0 Å². The molecule has 0 amide bonds. The number of halogens is 1. The average Bonchev–Trinajstić information content (AvgIpc) is 2.75. The van der Waals surface area contributed by atoms with Gasteiger partial charge in [-0.15, -0.1) is 0 Å². The molecule has 1 aromatic rings. The SMILES string of the molecule is BrC1CCc2ccccc2C12OCCO2. The molecule has 1 aliphatic carbocycles. The molecule has 3 rings (SSSR count). The predicted molar refractivity (Wildman–Crippen MR) is 61.1 cm³/mol. The highest BCUT2D eigenvalue weighted by atomic mass is 79.9. The summed E-state index contributed by atoms with van der Waals surface area (Å²) in [6, 6.07) is 8.42. The first-order chi connectivity index (χ1) is 7.33. The molecular weight excluding hydrogens is 256 g/mol. The molecule has 1 spiro atoms. The van der Waals surface area contributed by atoms with Crippen LogP contribution in [0.5, 0.6) is 0 Å². The lowest BCUT2D eigenvalue weighted by Gasteiger charge is -2.37. The lowest BCUT2D eigenvalue weighted by molar-refractivity contribution is -0.168. The van der Waals surface area contributed by atoms with E-state index in [0.717, 1.165) is 12.8 Å². The van der Waals surface area contributed by atoms with Gasteiger partial charge in [-0.25, -0.2) is 0 Å². The van der Waals surface area contributed by atoms with E-state index in [1.54, 1.807) is 0 Å². The molecule has 1 saturated heterocycles. The fourth-order valence-corrected chi connectivity index (χ4v) is 3.22. The van der Waals surface area contributed by atoms with Crippen LogP contribution in [-0.4, -0.2) is 18.0 Å². The van der Waals surface area contributed by atoms with E-state index in [-0.39, 0.29) is 4.83 Å². The molecule has 2 nitrogen and oxygen atoms in total. The maximum absolute atomic E-state index is 5.85. The molecule has 1 aromatic carbocycles. The van der Waals surface area contributed by atoms with Gasteiger partial charge in [0.2, 0.25) is 5.79 Å². The summed E-state index contributed by atoms with van der Waals surface area (Å²) in [4.78, 5) is 0.266. The number of rotatable bonds is 0. The summed E-state index contributed by atoms with van der Waals surface area (Å²) in [5, 5.41) is 0. The summed E-state index contributed by atoms with van der Waals surface area (Å²) in [5.74, 6) is -0.519. The van der Waals surface area contributed by atoms with Crippen LogP contribution in [0, 0.1) is 0 Å². The van der Waals surface area contributed by atoms with Crippen molar-refractivity contribution < 1.29 is 9.47 Å². The molecule has 0 aromatic heterocycles. The number of aryl methyl sites for hydroxylation is 1. The topological polar surface area (TPSA) is 18.5 Å². The van der Waals surface area contributed by atoms with Gasteiger partial charge in [0.25, 0.3) is 0 Å². The normalized spacial score (nSPS) is 27.9. The van der Waals surface area contributed by atoms with Crippen LogP contribution >= 0.6 is 15.9 Å². The minimum absolute atomic E-state index is 0.266. The van der Waals surface area contributed by atoms with E-state index in [2.05, 4.69) is 40.2 Å². The van der Waals surface area contributed by atoms with Gasteiger partial charge in [0.15, 0.2) is 0 Å². The number of ether oxygens (including phenoxy) is 2. The van der Waals surface area contributed by atoms with Crippen molar-refractivity contribution in [3.63, 3.8) is 0 Å². The Kier molecular flexibility index (Phi) is 2.34. The van der Waals surface area contributed by atoms with E-state index in [4.69, 9.17) is 9.47 Å². The highest BCUT2D eigenvalue weighted by Crippen LogP contribution is 2.45. The number of fused-ring (bicyclic) bond motifs is 2. The molecule has 80 valence electrons. The third-order valence-electron chi connectivity index (χ3n) is 3.19. The lowest BCUT2D eigenvalue weighted by Crippen LogP contribution is -2.41. The summed E-state index contributed by atoms with van der Waals surface area (Å²) >= 11 is 3.69. The van der Waals surface area contributed by atoms with Gasteiger partial charge in [-0.2, -0.15) is 0 Å². The highest BCUT2D eigenvalue weighted by Gasteiger charge is 2.48. The lowest BCUT2D eigenvalue weighted by atomic mass is 9.86. The second-order valence-corrected chi connectivity index (χ2v) is 5.13. The average molecular weight is 269 g/mol. The molecule has 3 heteroatoms. The maximum atomic E-state index is 5.85. The Morgan fingerprint density at radius 2 is 1.93 bits per heavy atom. The first-order valence-electron chi connectivity index (χ1n) is 5.33. The van der Waals surface area contributed by atoms with Gasteiger partial charge in [-0.1, -0.05) is 40.2 Å². The molecule has 0 N–H and O–H groups in total. The van der Waals surface area contributed by atoms with E-state index in [1.165, 1.54) is 11.1 Å². The van der Waals surface area contributed by atoms with E-state index >= 15 is 0 Å². The fourth-order valence-electron chi connectivity index (χ4n) is 2.48. The fraction of sp³-hybridized carbons (Fsp3) is 0.500. The molecule has 1 unspecified atom stereocenters. The van der Waals surface area contributed by atoms with Crippen molar-refractivity contribution in [2.24, 2.45) is 0 Å². The van der Waals surface area contributed by atoms with E-state index in [0.29, 0.717) is 13.2 Å². The van der Waals surface area contributed by atoms with Gasteiger partial charge in [-0.3, -0.25) is 0 Å². The number of hydrogen-bond acceptors (Lipinski definition) is 2. The molecule has 1 atom stereocenters. The van der Waals surface area contributed by atoms with Gasteiger partial charge in [-0.05, 0) is 18.4 Å². The predicted octanol–water partition coefficient (Wildman–Crippen LogP) is 2.60. The van der Waals surface area contributed by atoms with Gasteiger partial charge in [0, 0.05) is 5.56 Å². The maximum Gasteiger partial charge on any atom is 0.208 e. The molecule has 0 saturated carbocycles. The van der Waals surface area contributed by atoms with Crippen LogP contribution in [0.4, 0.5) is 0 Å². The number of hydrogen-bond donors (Lipinski definition) is 0. The van der Waals surface area contributed by atoms with Gasteiger partial charge in [0.1, 0.15) is 0 Å². The Morgan fingerprint density at radius 3 is 2.73 bits per heavy atom. The van der Waals surface area contributed by atoms with Crippen LogP contribution in [0.1, 0.15) is 17.5 Å². The molecule has 0 bridgehead atoms. The Bertz CT molecular complexity index is 372. The van der Waals surface area contributed by atoms with Gasteiger partial charge in [0.05, 0.1) is 18.0 Å². The molecule has 2 aliphatic rings. The van der Waals surface area contributed by atoms with Crippen molar-refractivity contribution >= 4 is 15.9 Å². The number of benzene rings is 1. The van der Waals surface area contributed by atoms with Crippen molar-refractivity contribution in [3.05, 3.63) is 35.4 Å². The van der Waals surface area contributed by atoms with Crippen molar-refractivity contribution in [3.8, 4) is 0 Å². The minimum atomic E-state index is -0.519. The van der Waals surface area contributed by atoms with Crippen molar-refractivity contribution in [1.82, 2.24) is 0 Å². The summed E-state index contributed by atoms with van der Waals surface area (Å²) in [6.07, 6.45) is 2.16. The van der Waals surface area contributed by atoms with Crippen LogP contribution < -0.4 is 0 Å². The summed E-state index contributed by atoms with van der Waals surface area (Å²) in [5.41, 5.74) is 2.56. The van der Waals surface area contributed by atoms with Gasteiger partial charge < -0.3 is 9.47 Å². The summed E-state index contributed by atoms with van der Waals surface area (Å²) < 4.78 is 11.7. The molecule has 0 radical (unpaired) electrons. The zero-order valence-corrected chi connectivity index (χ0v) is 10.00. The monoisotopic (exact) mass is 268 g/mol. The Balaban J connectivity index is 2.13. The zero-order valence-electron chi connectivity index (χ0n) is 8.41. The molecule has 1 aliphatic heterocycles. The van der Waals surface area contributed by atoms with Crippen LogP contribution in [0.2, 0.25) is 0 Å². The number of alkyl halides is 1. The Morgan fingerprint density at radius 1 is 1.20 bits per heavy atom. The van der Waals surface area contributed by atoms with Crippen molar-refractivity contribution in [2.45, 2.75) is 23.5 Å². The van der Waals surface area contributed by atoms with Crippen LogP contribution in [0.25, 0.3) is 0 Å². The zero-order chi connectivity index (χ0) is 10.3. The van der Waals surface area contributed by atoms with Crippen LogP contribution in [-0.2, 0) is 21.7 Å². The summed E-state index contributed by atoms with van der Waals surface area (Å²) in [6.45, 7) is 1.38. The summed E-state index contributed by atoms with van der Waals surface area (Å²) in [7, 11) is 0. The largest absolute Gasteiger partial charge is 0.343 e. The van der Waals surface area contributed by atoms with E-state index in [1.807, 2.05) is 0 Å². The van der Waals surface area contributed by atoms with Gasteiger partial charge >= 0.3 is 0 Å². The van der Waals surface area contributed by atoms with E-state index in [9.17, 15) is 0 Å². The van der Waals surface area contributed by atoms with Crippen LogP contribution in [0.3, 0.4) is 0 Å². The second kappa shape index (κ2) is 3.58. The smallest absolute Gasteiger partial charge is 0.208 e. The highest BCUT2D eigenvalue weighted by molar-refractivity contribution is 9.09.